The maximum atomic E-state index is 13.4. The number of ether oxygens (including phenoxy) is 2. The van der Waals surface area contributed by atoms with Gasteiger partial charge in [0.15, 0.2) is 4.80 Å². The van der Waals surface area contributed by atoms with Gasteiger partial charge in [0.2, 0.25) is 0 Å². The molecule has 0 radical (unpaired) electrons. The number of carbonyl (C=O) groups excluding carboxylic acids is 1. The molecule has 0 spiro atoms. The highest BCUT2D eigenvalue weighted by Gasteiger charge is 2.33. The van der Waals surface area contributed by atoms with Crippen LogP contribution in [0.4, 0.5) is 0 Å². The number of allylic oxidation sites excluding steroid dienone is 1. The molecule has 4 rings (SSSR count). The van der Waals surface area contributed by atoms with Crippen LogP contribution < -0.4 is 19.6 Å². The molecule has 0 fully saturated rings. The van der Waals surface area contributed by atoms with Gasteiger partial charge in [-0.2, -0.15) is 0 Å². The lowest BCUT2D eigenvalue weighted by Gasteiger charge is -2.25. The summed E-state index contributed by atoms with van der Waals surface area (Å²) in [6.07, 6.45) is 3.27. The Kier molecular flexibility index (Phi) is 6.14. The molecule has 0 amide bonds. The third-order valence-electron chi connectivity index (χ3n) is 4.90. The largest absolute Gasteiger partial charge is 0.491 e. The fraction of sp³-hybridized carbons (Fsp3) is 0.292. The Morgan fingerprint density at radius 2 is 2.03 bits per heavy atom. The van der Waals surface area contributed by atoms with Gasteiger partial charge >= 0.3 is 5.97 Å². The Balaban J connectivity index is 1.89. The number of benzene rings is 1. The van der Waals surface area contributed by atoms with Crippen LogP contribution in [0.5, 0.6) is 5.75 Å². The fourth-order valence-corrected chi connectivity index (χ4v) is 4.64. The lowest BCUT2D eigenvalue weighted by molar-refractivity contribution is -0.139. The van der Waals surface area contributed by atoms with Crippen molar-refractivity contribution in [1.82, 2.24) is 4.57 Å². The molecule has 0 saturated heterocycles. The summed E-state index contributed by atoms with van der Waals surface area (Å²) in [6, 6.07) is 10.3. The number of thiazole rings is 1. The van der Waals surface area contributed by atoms with Crippen LogP contribution in [0.2, 0.25) is 0 Å². The van der Waals surface area contributed by atoms with Gasteiger partial charge in [-0.3, -0.25) is 9.36 Å². The molecule has 32 heavy (non-hydrogen) atoms. The summed E-state index contributed by atoms with van der Waals surface area (Å²) in [5.74, 6) is 0.803. The zero-order valence-corrected chi connectivity index (χ0v) is 19.1. The molecule has 2 aromatic heterocycles. The van der Waals surface area contributed by atoms with E-state index in [1.807, 2.05) is 38.1 Å². The standard InChI is InChI=1S/C24H24N2O5S/c1-5-29-23(28)20-15(4)25-24-26(22(27)19(32-24)13-18-7-6-12-30-18)21(20)16-8-10-17(11-9-16)31-14(2)3/h6-14,21H,5H2,1-4H3/b19-13-/t21-/m1/s1. The number of hydrogen-bond donors (Lipinski definition) is 0. The highest BCUT2D eigenvalue weighted by molar-refractivity contribution is 7.07. The van der Waals surface area contributed by atoms with Crippen LogP contribution in [-0.2, 0) is 9.53 Å². The molecule has 3 heterocycles. The maximum absolute atomic E-state index is 13.4. The first-order valence-electron chi connectivity index (χ1n) is 10.4. The minimum atomic E-state index is -0.655. The van der Waals surface area contributed by atoms with Gasteiger partial charge in [-0.05, 0) is 57.5 Å². The molecule has 3 aromatic rings. The van der Waals surface area contributed by atoms with Crippen molar-refractivity contribution in [2.75, 3.05) is 6.61 Å². The quantitative estimate of drug-likeness (QED) is 0.537. The molecule has 0 unspecified atom stereocenters. The van der Waals surface area contributed by atoms with Crippen molar-refractivity contribution >= 4 is 23.4 Å². The number of fused-ring (bicyclic) bond motifs is 1. The predicted octanol–water partition coefficient (Wildman–Crippen LogP) is 3.18. The lowest BCUT2D eigenvalue weighted by Crippen LogP contribution is -2.39. The average Bonchev–Trinajstić information content (AvgIpc) is 3.36. The van der Waals surface area contributed by atoms with Crippen LogP contribution in [0.25, 0.3) is 6.08 Å². The third-order valence-corrected chi connectivity index (χ3v) is 5.88. The third kappa shape index (κ3) is 4.18. The SMILES string of the molecule is CCOC(=O)C1=C(C)N=c2s/c(=C\c3ccco3)c(=O)n2[C@@H]1c1ccc(OC(C)C)cc1. The average molecular weight is 453 g/mol. The van der Waals surface area contributed by atoms with Gasteiger partial charge in [-0.15, -0.1) is 0 Å². The maximum Gasteiger partial charge on any atom is 0.338 e. The van der Waals surface area contributed by atoms with E-state index in [2.05, 4.69) is 4.99 Å². The van der Waals surface area contributed by atoms with E-state index in [9.17, 15) is 9.59 Å². The first-order valence-corrected chi connectivity index (χ1v) is 11.2. The van der Waals surface area contributed by atoms with Crippen molar-refractivity contribution in [3.8, 4) is 5.75 Å². The van der Waals surface area contributed by atoms with E-state index < -0.39 is 12.0 Å². The zero-order chi connectivity index (χ0) is 22.8. The highest BCUT2D eigenvalue weighted by Crippen LogP contribution is 2.31. The van der Waals surface area contributed by atoms with Crippen molar-refractivity contribution < 1.29 is 18.7 Å². The summed E-state index contributed by atoms with van der Waals surface area (Å²) in [5, 5.41) is 0. The molecule has 1 atom stereocenters. The van der Waals surface area contributed by atoms with Gasteiger partial charge in [-0.25, -0.2) is 9.79 Å². The van der Waals surface area contributed by atoms with E-state index in [1.54, 1.807) is 42.9 Å². The molecule has 0 N–H and O–H groups in total. The van der Waals surface area contributed by atoms with E-state index in [0.717, 1.165) is 5.56 Å². The monoisotopic (exact) mass is 452 g/mol. The molecule has 0 bridgehead atoms. The van der Waals surface area contributed by atoms with Gasteiger partial charge in [0.1, 0.15) is 11.5 Å². The molecular formula is C24H24N2O5S. The summed E-state index contributed by atoms with van der Waals surface area (Å²) in [5.41, 5.74) is 1.40. The summed E-state index contributed by atoms with van der Waals surface area (Å²) < 4.78 is 18.4. The predicted molar refractivity (Wildman–Crippen MR) is 121 cm³/mol. The van der Waals surface area contributed by atoms with Crippen LogP contribution in [0.1, 0.15) is 45.1 Å². The molecular weight excluding hydrogens is 428 g/mol. The number of carbonyl (C=O) groups is 1. The van der Waals surface area contributed by atoms with Crippen LogP contribution in [-0.4, -0.2) is 23.2 Å². The van der Waals surface area contributed by atoms with Crippen molar-refractivity contribution in [2.24, 2.45) is 4.99 Å². The van der Waals surface area contributed by atoms with E-state index in [-0.39, 0.29) is 18.3 Å². The molecule has 8 heteroatoms. The summed E-state index contributed by atoms with van der Waals surface area (Å²) >= 11 is 1.26. The number of aromatic nitrogens is 1. The molecule has 0 aliphatic carbocycles. The van der Waals surface area contributed by atoms with Gasteiger partial charge in [0.05, 0.1) is 40.8 Å². The Morgan fingerprint density at radius 1 is 1.28 bits per heavy atom. The summed E-state index contributed by atoms with van der Waals surface area (Å²) in [7, 11) is 0. The Bertz CT molecular complexity index is 1330. The minimum Gasteiger partial charge on any atom is -0.491 e. The second-order valence-electron chi connectivity index (χ2n) is 7.55. The molecule has 1 aromatic carbocycles. The van der Waals surface area contributed by atoms with E-state index in [0.29, 0.717) is 32.1 Å². The lowest BCUT2D eigenvalue weighted by atomic mass is 9.96. The van der Waals surface area contributed by atoms with Gasteiger partial charge in [-0.1, -0.05) is 23.5 Å². The Labute approximate surface area is 188 Å². The second kappa shape index (κ2) is 9.00. The first kappa shape index (κ1) is 21.8. The normalized spacial score (nSPS) is 16.2. The number of nitrogens with zero attached hydrogens (tertiary/aromatic N) is 2. The Hall–Kier alpha value is -3.39. The van der Waals surface area contributed by atoms with Gasteiger partial charge in [0, 0.05) is 6.08 Å². The van der Waals surface area contributed by atoms with E-state index in [1.165, 1.54) is 11.3 Å². The van der Waals surface area contributed by atoms with Gasteiger partial charge < -0.3 is 13.9 Å². The number of hydrogen-bond acceptors (Lipinski definition) is 7. The first-order chi connectivity index (χ1) is 15.4. The highest BCUT2D eigenvalue weighted by atomic mass is 32.1. The molecule has 1 aliphatic rings. The van der Waals surface area contributed by atoms with Crippen LogP contribution in [0.3, 0.4) is 0 Å². The van der Waals surface area contributed by atoms with Crippen LogP contribution >= 0.6 is 11.3 Å². The number of esters is 1. The molecule has 1 aliphatic heterocycles. The van der Waals surface area contributed by atoms with E-state index >= 15 is 0 Å². The number of rotatable bonds is 6. The fourth-order valence-electron chi connectivity index (χ4n) is 3.61. The second-order valence-corrected chi connectivity index (χ2v) is 8.56. The minimum absolute atomic E-state index is 0.0392. The summed E-state index contributed by atoms with van der Waals surface area (Å²) in [6.45, 7) is 7.65. The van der Waals surface area contributed by atoms with Crippen LogP contribution in [0.15, 0.2) is 68.1 Å². The molecule has 166 valence electrons. The van der Waals surface area contributed by atoms with Crippen molar-refractivity contribution in [1.29, 1.82) is 0 Å². The van der Waals surface area contributed by atoms with Gasteiger partial charge in [0.25, 0.3) is 5.56 Å². The Morgan fingerprint density at radius 3 is 2.66 bits per heavy atom. The van der Waals surface area contributed by atoms with Crippen molar-refractivity contribution in [2.45, 2.75) is 39.8 Å². The molecule has 0 saturated carbocycles. The number of furan rings is 1. The molecule has 7 nitrogen and oxygen atoms in total. The summed E-state index contributed by atoms with van der Waals surface area (Å²) in [4.78, 5) is 31.4. The van der Waals surface area contributed by atoms with E-state index in [4.69, 9.17) is 13.9 Å². The smallest absolute Gasteiger partial charge is 0.338 e. The topological polar surface area (TPSA) is 83.0 Å². The van der Waals surface area contributed by atoms with Crippen LogP contribution in [0, 0.1) is 0 Å². The van der Waals surface area contributed by atoms with Crippen molar-refractivity contribution in [3.63, 3.8) is 0 Å². The van der Waals surface area contributed by atoms with Crippen molar-refractivity contribution in [3.05, 3.63) is 84.9 Å². The zero-order valence-electron chi connectivity index (χ0n) is 18.3.